The van der Waals surface area contributed by atoms with Gasteiger partial charge in [0, 0.05) is 23.3 Å². The van der Waals surface area contributed by atoms with Gasteiger partial charge in [-0.25, -0.2) is 0 Å². The Morgan fingerprint density at radius 2 is 1.88 bits per heavy atom. The van der Waals surface area contributed by atoms with Gasteiger partial charge in [-0.05, 0) is 55.4 Å². The van der Waals surface area contributed by atoms with Crippen molar-refractivity contribution in [3.63, 3.8) is 0 Å². The Bertz CT molecular complexity index is 1120. The second-order valence-corrected chi connectivity index (χ2v) is 7.72. The molecule has 170 valence electrons. The van der Waals surface area contributed by atoms with Crippen LogP contribution in [-0.4, -0.2) is 41.8 Å². The molecule has 2 unspecified atom stereocenters. The maximum atomic E-state index is 14.3. The number of rotatable bonds is 7. The highest BCUT2D eigenvalue weighted by Gasteiger charge is 2.59. The number of likely N-dealkylation sites (N-methyl/N-ethyl adjacent to an activating group) is 1. The number of pyridine rings is 1. The van der Waals surface area contributed by atoms with Gasteiger partial charge in [0.05, 0.1) is 11.6 Å². The van der Waals surface area contributed by atoms with Crippen molar-refractivity contribution in [1.29, 1.82) is 0 Å². The van der Waals surface area contributed by atoms with Crippen LogP contribution in [0.3, 0.4) is 0 Å². The van der Waals surface area contributed by atoms with Gasteiger partial charge in [-0.3, -0.25) is 4.98 Å². The lowest BCUT2D eigenvalue weighted by Crippen LogP contribution is -2.58. The molecular formula is C23H24F3N3O3. The predicted molar refractivity (Wildman–Crippen MR) is 115 cm³/mol. The molecule has 0 fully saturated rings. The number of benzene rings is 2. The van der Waals surface area contributed by atoms with E-state index in [2.05, 4.69) is 15.6 Å². The van der Waals surface area contributed by atoms with E-state index in [0.717, 1.165) is 5.69 Å². The zero-order chi connectivity index (χ0) is 22.9. The molecule has 0 amide bonds. The molecule has 3 N–H and O–H groups in total. The van der Waals surface area contributed by atoms with Gasteiger partial charge >= 0.3 is 6.18 Å². The lowest BCUT2D eigenvalue weighted by molar-refractivity contribution is -0.264. The molecule has 0 spiro atoms. The van der Waals surface area contributed by atoms with Crippen LogP contribution >= 0.6 is 0 Å². The van der Waals surface area contributed by atoms with E-state index in [1.807, 2.05) is 6.92 Å². The number of halogens is 3. The van der Waals surface area contributed by atoms with E-state index in [9.17, 15) is 18.3 Å². The average Bonchev–Trinajstić information content (AvgIpc) is 3.22. The SMILES string of the molecule is CCNCC(O)(C(Nc1cccc2nc(C)ccc12)c1ccc2c(c1)OCO2)C(F)(F)F. The third-order valence-electron chi connectivity index (χ3n) is 5.51. The number of anilines is 1. The van der Waals surface area contributed by atoms with E-state index in [1.54, 1.807) is 43.3 Å². The number of aliphatic hydroxyl groups is 1. The van der Waals surface area contributed by atoms with E-state index < -0.39 is 24.4 Å². The molecule has 1 aliphatic heterocycles. The molecule has 32 heavy (non-hydrogen) atoms. The summed E-state index contributed by atoms with van der Waals surface area (Å²) >= 11 is 0. The van der Waals surface area contributed by atoms with Gasteiger partial charge in [0.25, 0.3) is 0 Å². The molecule has 2 atom stereocenters. The fraction of sp³-hybridized carbons (Fsp3) is 0.348. The van der Waals surface area contributed by atoms with E-state index in [-0.39, 0.29) is 18.9 Å². The van der Waals surface area contributed by atoms with Crippen LogP contribution in [0.1, 0.15) is 24.2 Å². The number of fused-ring (bicyclic) bond motifs is 2. The Kier molecular flexibility index (Phi) is 5.87. The van der Waals surface area contributed by atoms with E-state index in [4.69, 9.17) is 9.47 Å². The van der Waals surface area contributed by atoms with Crippen LogP contribution in [0.25, 0.3) is 10.9 Å². The quantitative estimate of drug-likeness (QED) is 0.501. The normalized spacial score (nSPS) is 16.1. The minimum atomic E-state index is -4.93. The number of ether oxygens (including phenoxy) is 2. The molecule has 0 radical (unpaired) electrons. The minimum Gasteiger partial charge on any atom is -0.454 e. The van der Waals surface area contributed by atoms with Gasteiger partial charge in [0.15, 0.2) is 17.1 Å². The standard InChI is InChI=1S/C23H24F3N3O3/c1-3-27-12-22(30,23(24,25)26)21(15-8-10-19-20(11-15)32-13-31-19)29-18-6-4-5-17-16(18)9-7-14(2)28-17/h4-11,21,27,29-30H,3,12-13H2,1-2H3. The molecule has 6 nitrogen and oxygen atoms in total. The monoisotopic (exact) mass is 447 g/mol. The summed E-state index contributed by atoms with van der Waals surface area (Å²) in [4.78, 5) is 4.45. The van der Waals surface area contributed by atoms with Crippen LogP contribution in [-0.2, 0) is 0 Å². The van der Waals surface area contributed by atoms with Gasteiger partial charge < -0.3 is 25.2 Å². The van der Waals surface area contributed by atoms with Crippen LogP contribution in [0.5, 0.6) is 11.5 Å². The van der Waals surface area contributed by atoms with Gasteiger partial charge in [-0.1, -0.05) is 19.1 Å². The molecule has 1 aromatic heterocycles. The molecule has 9 heteroatoms. The van der Waals surface area contributed by atoms with Crippen molar-refractivity contribution in [3.05, 3.63) is 59.8 Å². The van der Waals surface area contributed by atoms with E-state index >= 15 is 0 Å². The first kappa shape index (κ1) is 22.2. The van der Waals surface area contributed by atoms with Crippen molar-refractivity contribution in [2.45, 2.75) is 31.7 Å². The zero-order valence-electron chi connectivity index (χ0n) is 17.7. The highest BCUT2D eigenvalue weighted by Crippen LogP contribution is 2.44. The Labute approximate surface area is 183 Å². The number of hydrogen-bond acceptors (Lipinski definition) is 6. The lowest BCUT2D eigenvalue weighted by atomic mass is 9.86. The summed E-state index contributed by atoms with van der Waals surface area (Å²) in [5, 5.41) is 17.3. The molecule has 2 aromatic carbocycles. The molecular weight excluding hydrogens is 423 g/mol. The molecule has 1 aliphatic rings. The maximum absolute atomic E-state index is 14.3. The summed E-state index contributed by atoms with van der Waals surface area (Å²) in [5.74, 6) is 0.775. The van der Waals surface area contributed by atoms with Crippen molar-refractivity contribution >= 4 is 16.6 Å². The summed E-state index contributed by atoms with van der Waals surface area (Å²) in [6.45, 7) is 3.09. The summed E-state index contributed by atoms with van der Waals surface area (Å²) in [7, 11) is 0. The van der Waals surface area contributed by atoms with E-state index in [0.29, 0.717) is 28.1 Å². The number of hydrogen-bond donors (Lipinski definition) is 3. The highest BCUT2D eigenvalue weighted by molar-refractivity contribution is 5.91. The third-order valence-corrected chi connectivity index (χ3v) is 5.51. The van der Waals surface area contributed by atoms with Crippen molar-refractivity contribution in [1.82, 2.24) is 10.3 Å². The summed E-state index contributed by atoms with van der Waals surface area (Å²) in [6, 6.07) is 11.7. The number of nitrogens with one attached hydrogen (secondary N) is 2. The topological polar surface area (TPSA) is 75.6 Å². The van der Waals surface area contributed by atoms with Crippen molar-refractivity contribution in [2.24, 2.45) is 0 Å². The number of alkyl halides is 3. The van der Waals surface area contributed by atoms with Gasteiger partial charge in [-0.2, -0.15) is 13.2 Å². The lowest BCUT2D eigenvalue weighted by Gasteiger charge is -2.39. The largest absolute Gasteiger partial charge is 0.454 e. The van der Waals surface area contributed by atoms with Crippen LogP contribution < -0.4 is 20.1 Å². The summed E-state index contributed by atoms with van der Waals surface area (Å²) in [6.07, 6.45) is -4.93. The van der Waals surface area contributed by atoms with Crippen LogP contribution in [0.4, 0.5) is 18.9 Å². The molecule has 0 saturated carbocycles. The first-order chi connectivity index (χ1) is 15.2. The molecule has 4 rings (SSSR count). The van der Waals surface area contributed by atoms with E-state index in [1.165, 1.54) is 12.1 Å². The van der Waals surface area contributed by atoms with Gasteiger partial charge in [0.1, 0.15) is 0 Å². The fourth-order valence-electron chi connectivity index (χ4n) is 3.79. The van der Waals surface area contributed by atoms with Crippen molar-refractivity contribution in [2.75, 3.05) is 25.2 Å². The van der Waals surface area contributed by atoms with Crippen molar-refractivity contribution < 1.29 is 27.8 Å². The Morgan fingerprint density at radius 1 is 1.09 bits per heavy atom. The molecule has 0 saturated heterocycles. The number of aromatic nitrogens is 1. The molecule has 3 aromatic rings. The van der Waals surface area contributed by atoms with Crippen LogP contribution in [0.15, 0.2) is 48.5 Å². The average molecular weight is 447 g/mol. The number of aryl methyl sites for hydroxylation is 1. The first-order valence-corrected chi connectivity index (χ1v) is 10.2. The second-order valence-electron chi connectivity index (χ2n) is 7.72. The highest BCUT2D eigenvalue weighted by atomic mass is 19.4. The smallest absolute Gasteiger partial charge is 0.420 e. The Morgan fingerprint density at radius 3 is 2.62 bits per heavy atom. The summed E-state index contributed by atoms with van der Waals surface area (Å²) < 4.78 is 53.6. The molecule has 2 heterocycles. The summed E-state index contributed by atoms with van der Waals surface area (Å²) in [5.41, 5.74) is -1.04. The maximum Gasteiger partial charge on any atom is 0.420 e. The third kappa shape index (κ3) is 4.05. The van der Waals surface area contributed by atoms with Crippen LogP contribution in [0.2, 0.25) is 0 Å². The predicted octanol–water partition coefficient (Wildman–Crippen LogP) is 4.33. The number of nitrogens with zero attached hydrogens (tertiary/aromatic N) is 1. The Hall–Kier alpha value is -3.04. The first-order valence-electron chi connectivity index (χ1n) is 10.2. The fourth-order valence-corrected chi connectivity index (χ4v) is 3.79. The van der Waals surface area contributed by atoms with Crippen molar-refractivity contribution in [3.8, 4) is 11.5 Å². The Balaban J connectivity index is 1.84. The molecule has 0 bridgehead atoms. The second kappa shape index (κ2) is 8.48. The van der Waals surface area contributed by atoms with Gasteiger partial charge in [0.2, 0.25) is 6.79 Å². The zero-order valence-corrected chi connectivity index (χ0v) is 17.7. The molecule has 0 aliphatic carbocycles. The van der Waals surface area contributed by atoms with Crippen LogP contribution in [0, 0.1) is 6.92 Å². The van der Waals surface area contributed by atoms with Gasteiger partial charge in [-0.15, -0.1) is 0 Å². The minimum absolute atomic E-state index is 0.00778.